The summed E-state index contributed by atoms with van der Waals surface area (Å²) in [5, 5.41) is 0. The SMILES string of the molecule is CCCOCCCOSPSCc1cc(OC)nc(N)n1. The zero-order valence-electron chi connectivity index (χ0n) is 12.3. The number of anilines is 1. The fraction of sp³-hybridized carbons (Fsp3) is 0.667. The predicted octanol–water partition coefficient (Wildman–Crippen LogP) is 3.29. The van der Waals surface area contributed by atoms with E-state index in [4.69, 9.17) is 19.4 Å². The van der Waals surface area contributed by atoms with E-state index in [9.17, 15) is 0 Å². The second-order valence-electron chi connectivity index (χ2n) is 4.00. The third-order valence-corrected chi connectivity index (χ3v) is 6.15. The molecule has 1 aromatic heterocycles. The lowest BCUT2D eigenvalue weighted by molar-refractivity contribution is 0.123. The average molecular weight is 351 g/mol. The maximum Gasteiger partial charge on any atom is 0.223 e. The number of ether oxygens (including phenoxy) is 2. The summed E-state index contributed by atoms with van der Waals surface area (Å²) in [6.07, 6.45) is 1.99. The molecular formula is C12H22N3O3PS2. The summed E-state index contributed by atoms with van der Waals surface area (Å²) in [5.74, 6) is 1.50. The smallest absolute Gasteiger partial charge is 0.223 e. The van der Waals surface area contributed by atoms with Gasteiger partial charge in [-0.15, -0.1) is 11.4 Å². The van der Waals surface area contributed by atoms with E-state index >= 15 is 0 Å². The Bertz CT molecular complexity index is 402. The summed E-state index contributed by atoms with van der Waals surface area (Å²) < 4.78 is 15.9. The van der Waals surface area contributed by atoms with Gasteiger partial charge in [0.05, 0.1) is 19.4 Å². The minimum absolute atomic E-state index is 0.240. The zero-order valence-corrected chi connectivity index (χ0v) is 15.0. The van der Waals surface area contributed by atoms with Crippen LogP contribution in [0.1, 0.15) is 25.5 Å². The molecule has 0 saturated heterocycles. The van der Waals surface area contributed by atoms with Gasteiger partial charge in [0, 0.05) is 43.7 Å². The number of nitrogens with zero attached hydrogens (tertiary/aromatic N) is 2. The number of aromatic nitrogens is 2. The topological polar surface area (TPSA) is 79.5 Å². The first-order chi connectivity index (χ1) is 10.3. The van der Waals surface area contributed by atoms with E-state index in [0.717, 1.165) is 44.1 Å². The summed E-state index contributed by atoms with van der Waals surface area (Å²) >= 11 is 3.22. The van der Waals surface area contributed by atoms with Gasteiger partial charge < -0.3 is 19.4 Å². The van der Waals surface area contributed by atoms with Crippen molar-refractivity contribution in [3.05, 3.63) is 11.8 Å². The second kappa shape index (κ2) is 12.3. The largest absolute Gasteiger partial charge is 0.481 e. The maximum atomic E-state index is 5.60. The molecule has 0 saturated carbocycles. The molecule has 6 nitrogen and oxygen atoms in total. The van der Waals surface area contributed by atoms with Gasteiger partial charge in [-0.25, -0.2) is 4.98 Å². The van der Waals surface area contributed by atoms with Gasteiger partial charge >= 0.3 is 0 Å². The molecule has 0 aliphatic carbocycles. The lowest BCUT2D eigenvalue weighted by Gasteiger charge is -2.05. The van der Waals surface area contributed by atoms with Crippen molar-refractivity contribution in [2.24, 2.45) is 0 Å². The number of methoxy groups -OCH3 is 1. The first-order valence-electron chi connectivity index (χ1n) is 6.66. The molecular weight excluding hydrogens is 329 g/mol. The Balaban J connectivity index is 2.03. The maximum absolute atomic E-state index is 5.60. The van der Waals surface area contributed by atoms with E-state index in [0.29, 0.717) is 12.9 Å². The number of nitrogen functional groups attached to an aromatic ring is 1. The van der Waals surface area contributed by atoms with Gasteiger partial charge in [-0.3, -0.25) is 0 Å². The van der Waals surface area contributed by atoms with Crippen LogP contribution in [0, 0.1) is 0 Å². The van der Waals surface area contributed by atoms with Crippen molar-refractivity contribution in [3.8, 4) is 5.88 Å². The van der Waals surface area contributed by atoms with E-state index in [1.807, 2.05) is 0 Å². The molecule has 0 aliphatic heterocycles. The van der Waals surface area contributed by atoms with Crippen LogP contribution in [0.3, 0.4) is 0 Å². The molecule has 0 aromatic carbocycles. The first kappa shape index (κ1) is 18.8. The normalized spacial score (nSPS) is 11.3. The molecule has 1 unspecified atom stereocenters. The Morgan fingerprint density at radius 1 is 1.29 bits per heavy atom. The minimum Gasteiger partial charge on any atom is -0.481 e. The third kappa shape index (κ3) is 9.37. The molecule has 1 rings (SSSR count). The average Bonchev–Trinajstić information content (AvgIpc) is 2.48. The van der Waals surface area contributed by atoms with Gasteiger partial charge in [-0.05, 0) is 12.8 Å². The van der Waals surface area contributed by atoms with Crippen molar-refractivity contribution in [2.75, 3.05) is 32.7 Å². The Morgan fingerprint density at radius 3 is 2.90 bits per heavy atom. The van der Waals surface area contributed by atoms with Gasteiger partial charge in [-0.1, -0.05) is 6.92 Å². The van der Waals surface area contributed by atoms with Crippen LogP contribution in [-0.4, -0.2) is 36.9 Å². The Morgan fingerprint density at radius 2 is 2.14 bits per heavy atom. The van der Waals surface area contributed by atoms with Crippen molar-refractivity contribution >= 4 is 36.0 Å². The summed E-state index contributed by atoms with van der Waals surface area (Å²) in [5.41, 5.74) is 6.47. The summed E-state index contributed by atoms with van der Waals surface area (Å²) in [6.45, 7) is 5.01. The molecule has 1 aromatic rings. The van der Waals surface area contributed by atoms with Crippen molar-refractivity contribution in [3.63, 3.8) is 0 Å². The zero-order chi connectivity index (χ0) is 15.3. The van der Waals surface area contributed by atoms with Crippen LogP contribution in [0.25, 0.3) is 0 Å². The van der Waals surface area contributed by atoms with Gasteiger partial charge in [-0.2, -0.15) is 4.98 Å². The van der Waals surface area contributed by atoms with E-state index in [-0.39, 0.29) is 5.95 Å². The molecule has 1 heterocycles. The Hall–Kier alpha value is -0.270. The molecule has 2 N–H and O–H groups in total. The Labute approximate surface area is 135 Å². The number of rotatable bonds is 12. The van der Waals surface area contributed by atoms with Crippen LogP contribution in [0.5, 0.6) is 5.88 Å². The quantitative estimate of drug-likeness (QED) is 0.349. The van der Waals surface area contributed by atoms with Crippen LogP contribution in [0.2, 0.25) is 0 Å². The van der Waals surface area contributed by atoms with Crippen LogP contribution >= 0.6 is 30.0 Å². The van der Waals surface area contributed by atoms with E-state index in [1.54, 1.807) is 24.6 Å². The van der Waals surface area contributed by atoms with Gasteiger partial charge in [0.1, 0.15) is 0 Å². The molecule has 0 spiro atoms. The van der Waals surface area contributed by atoms with Gasteiger partial charge in [0.15, 0.2) is 0 Å². The van der Waals surface area contributed by atoms with E-state index in [2.05, 4.69) is 16.9 Å². The summed E-state index contributed by atoms with van der Waals surface area (Å²) in [6, 6.07) is 1.80. The first-order valence-corrected chi connectivity index (χ1v) is 10.8. The highest BCUT2D eigenvalue weighted by Crippen LogP contribution is 2.44. The number of hydrogen-bond acceptors (Lipinski definition) is 8. The molecule has 0 bridgehead atoms. The molecule has 0 fully saturated rings. The summed E-state index contributed by atoms with van der Waals surface area (Å²) in [7, 11) is 1.56. The lowest BCUT2D eigenvalue weighted by Crippen LogP contribution is -2.00. The lowest BCUT2D eigenvalue weighted by atomic mass is 10.4. The van der Waals surface area contributed by atoms with Crippen LogP contribution < -0.4 is 10.5 Å². The van der Waals surface area contributed by atoms with Crippen LogP contribution in [-0.2, 0) is 14.7 Å². The molecule has 0 radical (unpaired) electrons. The molecule has 1 atom stereocenters. The van der Waals surface area contributed by atoms with Crippen LogP contribution in [0.15, 0.2) is 6.07 Å². The molecule has 21 heavy (non-hydrogen) atoms. The monoisotopic (exact) mass is 351 g/mol. The van der Waals surface area contributed by atoms with Gasteiger partial charge in [0.25, 0.3) is 0 Å². The fourth-order valence-electron chi connectivity index (χ4n) is 1.33. The highest BCUT2D eigenvalue weighted by Gasteiger charge is 2.03. The number of hydrogen-bond donors (Lipinski definition) is 1. The van der Waals surface area contributed by atoms with Crippen LogP contribution in [0.4, 0.5) is 5.95 Å². The number of nitrogens with two attached hydrogens (primary N) is 1. The van der Waals surface area contributed by atoms with E-state index < -0.39 is 0 Å². The minimum atomic E-state index is 0.240. The van der Waals surface area contributed by atoms with Crippen molar-refractivity contribution in [1.82, 2.24) is 9.97 Å². The second-order valence-corrected chi connectivity index (χ2v) is 8.52. The summed E-state index contributed by atoms with van der Waals surface area (Å²) in [4.78, 5) is 8.11. The van der Waals surface area contributed by atoms with Crippen molar-refractivity contribution in [1.29, 1.82) is 0 Å². The molecule has 9 heteroatoms. The van der Waals surface area contributed by atoms with Gasteiger partial charge in [0.2, 0.25) is 11.8 Å². The molecule has 120 valence electrons. The standard InChI is InChI=1S/C12H22N3O3PS2/c1-3-5-17-6-4-7-18-21-19-20-9-10-8-11(16-2)15-12(13)14-10/h8,19H,3-7,9H2,1-2H3,(H2,13,14,15). The third-order valence-electron chi connectivity index (χ3n) is 2.22. The van der Waals surface area contributed by atoms with E-state index in [1.165, 1.54) is 11.7 Å². The highest BCUT2D eigenvalue weighted by atomic mass is 33.1. The van der Waals surface area contributed by atoms with Crippen molar-refractivity contribution < 1.29 is 13.7 Å². The Kier molecular flexibility index (Phi) is 11.0. The highest BCUT2D eigenvalue weighted by molar-refractivity contribution is 8.80. The fourth-order valence-corrected chi connectivity index (χ4v) is 4.54. The predicted molar refractivity (Wildman–Crippen MR) is 91.9 cm³/mol. The molecule has 0 amide bonds. The van der Waals surface area contributed by atoms with Crippen molar-refractivity contribution in [2.45, 2.75) is 25.5 Å². The molecule has 0 aliphatic rings.